The Morgan fingerprint density at radius 2 is 2.06 bits per heavy atom. The van der Waals surface area contributed by atoms with Crippen LogP contribution in [0.15, 0.2) is 18.2 Å². The van der Waals surface area contributed by atoms with Crippen LogP contribution < -0.4 is 0 Å². The van der Waals surface area contributed by atoms with Gasteiger partial charge in [-0.25, -0.2) is 0 Å². The summed E-state index contributed by atoms with van der Waals surface area (Å²) in [6, 6.07) is 6.01. The number of hydrogen-bond donors (Lipinski definition) is 0. The van der Waals surface area contributed by atoms with E-state index in [4.69, 9.17) is 23.2 Å². The van der Waals surface area contributed by atoms with E-state index in [1.807, 2.05) is 12.1 Å². The van der Waals surface area contributed by atoms with Crippen molar-refractivity contribution in [2.75, 3.05) is 20.1 Å². The van der Waals surface area contributed by atoms with Crippen LogP contribution in [0, 0.1) is 11.8 Å². The molecule has 3 heteroatoms. The van der Waals surface area contributed by atoms with Crippen LogP contribution in [-0.4, -0.2) is 25.0 Å². The average Bonchev–Trinajstić information content (AvgIpc) is 2.27. The molecule has 1 saturated heterocycles. The van der Waals surface area contributed by atoms with E-state index in [-0.39, 0.29) is 0 Å². The fourth-order valence-electron chi connectivity index (χ4n) is 2.68. The third-order valence-electron chi connectivity index (χ3n) is 3.77. The first-order chi connectivity index (χ1) is 8.06. The zero-order chi connectivity index (χ0) is 12.4. The second-order valence-electron chi connectivity index (χ2n) is 5.24. The van der Waals surface area contributed by atoms with Crippen LogP contribution in [-0.2, 0) is 6.42 Å². The second kappa shape index (κ2) is 5.60. The summed E-state index contributed by atoms with van der Waals surface area (Å²) in [6.07, 6.45) is 2.39. The summed E-state index contributed by atoms with van der Waals surface area (Å²) in [5.41, 5.74) is 1.31. The fourth-order valence-corrected chi connectivity index (χ4v) is 3.00. The zero-order valence-electron chi connectivity index (χ0n) is 10.4. The Hall–Kier alpha value is -0.240. The molecule has 1 aromatic rings. The first-order valence-electron chi connectivity index (χ1n) is 6.18. The molecule has 1 aliphatic rings. The van der Waals surface area contributed by atoms with Gasteiger partial charge in [-0.15, -0.1) is 0 Å². The molecule has 1 heterocycles. The first kappa shape index (κ1) is 13.2. The molecule has 0 spiro atoms. The van der Waals surface area contributed by atoms with Gasteiger partial charge in [-0.3, -0.25) is 0 Å². The number of benzene rings is 1. The third kappa shape index (κ3) is 3.37. The van der Waals surface area contributed by atoms with Gasteiger partial charge in [0.2, 0.25) is 0 Å². The second-order valence-corrected chi connectivity index (χ2v) is 6.06. The van der Waals surface area contributed by atoms with Gasteiger partial charge in [-0.05, 0) is 56.0 Å². The molecule has 1 aromatic carbocycles. The van der Waals surface area contributed by atoms with Crippen LogP contribution in [0.4, 0.5) is 0 Å². The Labute approximate surface area is 114 Å². The van der Waals surface area contributed by atoms with Crippen LogP contribution in [0.5, 0.6) is 0 Å². The first-order valence-corrected chi connectivity index (χ1v) is 6.94. The summed E-state index contributed by atoms with van der Waals surface area (Å²) in [4.78, 5) is 2.41. The van der Waals surface area contributed by atoms with Crippen molar-refractivity contribution in [1.29, 1.82) is 0 Å². The van der Waals surface area contributed by atoms with E-state index in [1.165, 1.54) is 25.1 Å². The van der Waals surface area contributed by atoms with Gasteiger partial charge in [0.15, 0.2) is 0 Å². The highest BCUT2D eigenvalue weighted by molar-refractivity contribution is 6.42. The van der Waals surface area contributed by atoms with Crippen LogP contribution in [0.2, 0.25) is 10.0 Å². The lowest BCUT2D eigenvalue weighted by Crippen LogP contribution is -2.37. The predicted octanol–water partition coefficient (Wildman–Crippen LogP) is 4.12. The Morgan fingerprint density at radius 3 is 2.71 bits per heavy atom. The van der Waals surface area contributed by atoms with Gasteiger partial charge in [-0.1, -0.05) is 36.2 Å². The minimum Gasteiger partial charge on any atom is -0.306 e. The Bertz CT molecular complexity index is 392. The highest BCUT2D eigenvalue weighted by atomic mass is 35.5. The van der Waals surface area contributed by atoms with E-state index < -0.39 is 0 Å². The number of hydrogen-bond acceptors (Lipinski definition) is 1. The molecule has 0 aromatic heterocycles. The molecule has 0 bridgehead atoms. The molecule has 0 aliphatic carbocycles. The van der Waals surface area contributed by atoms with Crippen molar-refractivity contribution in [2.24, 2.45) is 11.8 Å². The lowest BCUT2D eigenvalue weighted by Gasteiger charge is -2.34. The maximum Gasteiger partial charge on any atom is 0.0595 e. The van der Waals surface area contributed by atoms with Crippen molar-refractivity contribution >= 4 is 23.2 Å². The molecule has 2 atom stereocenters. The topological polar surface area (TPSA) is 3.24 Å². The number of nitrogens with zero attached hydrogens (tertiary/aromatic N) is 1. The number of halogens is 2. The Morgan fingerprint density at radius 1 is 1.29 bits per heavy atom. The highest BCUT2D eigenvalue weighted by Gasteiger charge is 2.24. The lowest BCUT2D eigenvalue weighted by atomic mass is 9.82. The summed E-state index contributed by atoms with van der Waals surface area (Å²) >= 11 is 12.0. The lowest BCUT2D eigenvalue weighted by molar-refractivity contribution is 0.154. The van der Waals surface area contributed by atoms with Gasteiger partial charge in [0.05, 0.1) is 10.0 Å². The summed E-state index contributed by atoms with van der Waals surface area (Å²) in [5, 5.41) is 1.32. The minimum atomic E-state index is 0.645. The molecular weight excluding hydrogens is 253 g/mol. The predicted molar refractivity (Wildman–Crippen MR) is 74.9 cm³/mol. The standard InChI is InChI=1S/C14H19Cl2N/c1-10-9-17(2)6-5-12(10)7-11-3-4-13(15)14(16)8-11/h3-4,8,10,12H,5-7,9H2,1-2H3. The highest BCUT2D eigenvalue weighted by Crippen LogP contribution is 2.29. The average molecular weight is 272 g/mol. The van der Waals surface area contributed by atoms with Gasteiger partial charge in [0, 0.05) is 6.54 Å². The number of rotatable bonds is 2. The summed E-state index contributed by atoms with van der Waals surface area (Å²) in [5.74, 6) is 1.52. The monoisotopic (exact) mass is 271 g/mol. The molecule has 0 saturated carbocycles. The van der Waals surface area contributed by atoms with Crippen molar-refractivity contribution < 1.29 is 0 Å². The smallest absolute Gasteiger partial charge is 0.0595 e. The van der Waals surface area contributed by atoms with Gasteiger partial charge >= 0.3 is 0 Å². The normalized spacial score (nSPS) is 26.1. The van der Waals surface area contributed by atoms with Crippen molar-refractivity contribution in [3.05, 3.63) is 33.8 Å². The summed E-state index contributed by atoms with van der Waals surface area (Å²) in [6.45, 7) is 4.75. The van der Waals surface area contributed by atoms with Gasteiger partial charge in [0.25, 0.3) is 0 Å². The molecule has 17 heavy (non-hydrogen) atoms. The van der Waals surface area contributed by atoms with Crippen LogP contribution in [0.1, 0.15) is 18.9 Å². The van der Waals surface area contributed by atoms with Crippen molar-refractivity contribution in [3.8, 4) is 0 Å². The van der Waals surface area contributed by atoms with Crippen molar-refractivity contribution in [2.45, 2.75) is 19.8 Å². The van der Waals surface area contributed by atoms with Gasteiger partial charge < -0.3 is 4.90 Å². The molecular formula is C14H19Cl2N. The minimum absolute atomic E-state index is 0.645. The van der Waals surface area contributed by atoms with Crippen LogP contribution in [0.25, 0.3) is 0 Å². The molecule has 2 rings (SSSR count). The van der Waals surface area contributed by atoms with Crippen molar-refractivity contribution in [1.82, 2.24) is 4.90 Å². The van der Waals surface area contributed by atoms with E-state index in [0.29, 0.717) is 10.0 Å². The largest absolute Gasteiger partial charge is 0.306 e. The summed E-state index contributed by atoms with van der Waals surface area (Å²) in [7, 11) is 2.20. The molecule has 94 valence electrons. The van der Waals surface area contributed by atoms with Crippen LogP contribution >= 0.6 is 23.2 Å². The molecule has 0 N–H and O–H groups in total. The van der Waals surface area contributed by atoms with E-state index in [0.717, 1.165) is 18.3 Å². The molecule has 1 nitrogen and oxygen atoms in total. The number of piperidine rings is 1. The molecule has 0 radical (unpaired) electrons. The molecule has 2 unspecified atom stereocenters. The maximum absolute atomic E-state index is 6.05. The van der Waals surface area contributed by atoms with Gasteiger partial charge in [0.1, 0.15) is 0 Å². The quantitative estimate of drug-likeness (QED) is 0.782. The van der Waals surface area contributed by atoms with Crippen molar-refractivity contribution in [3.63, 3.8) is 0 Å². The van der Waals surface area contributed by atoms with E-state index in [2.05, 4.69) is 24.9 Å². The Kier molecular flexibility index (Phi) is 4.35. The molecule has 0 amide bonds. The fraction of sp³-hybridized carbons (Fsp3) is 0.571. The van der Waals surface area contributed by atoms with E-state index in [9.17, 15) is 0 Å². The third-order valence-corrected chi connectivity index (χ3v) is 4.51. The SMILES string of the molecule is CC1CN(C)CCC1Cc1ccc(Cl)c(Cl)c1. The zero-order valence-corrected chi connectivity index (χ0v) is 11.9. The molecule has 1 fully saturated rings. The maximum atomic E-state index is 6.05. The van der Waals surface area contributed by atoms with Gasteiger partial charge in [-0.2, -0.15) is 0 Å². The van der Waals surface area contributed by atoms with E-state index >= 15 is 0 Å². The van der Waals surface area contributed by atoms with E-state index in [1.54, 1.807) is 0 Å². The number of likely N-dealkylation sites (tertiary alicyclic amines) is 1. The molecule has 1 aliphatic heterocycles. The summed E-state index contributed by atoms with van der Waals surface area (Å²) < 4.78 is 0. The van der Waals surface area contributed by atoms with Crippen LogP contribution in [0.3, 0.4) is 0 Å². The Balaban J connectivity index is 2.02.